The highest BCUT2D eigenvalue weighted by atomic mass is 16.6. The molecule has 0 N–H and O–H groups in total. The molecule has 0 radical (unpaired) electrons. The van der Waals surface area contributed by atoms with E-state index in [4.69, 9.17) is 9.15 Å². The molecular formula is C15H11NO3. The molecule has 0 atom stereocenters. The second kappa shape index (κ2) is 4.57. The molecule has 3 rings (SSSR count). The summed E-state index contributed by atoms with van der Waals surface area (Å²) in [5.41, 5.74) is 1.97. The molecule has 0 amide bonds. The zero-order valence-electron chi connectivity index (χ0n) is 10.1. The first kappa shape index (κ1) is 11.5. The van der Waals surface area contributed by atoms with E-state index in [0.717, 1.165) is 5.57 Å². The van der Waals surface area contributed by atoms with E-state index in [1.807, 2.05) is 6.07 Å². The van der Waals surface area contributed by atoms with Crippen molar-refractivity contribution in [3.8, 4) is 5.95 Å². The molecule has 2 aromatic rings. The van der Waals surface area contributed by atoms with Crippen LogP contribution in [0, 0.1) is 0 Å². The number of ether oxygens (including phenoxy) is 1. The van der Waals surface area contributed by atoms with Crippen LogP contribution in [0.4, 0.5) is 0 Å². The Morgan fingerprint density at radius 3 is 2.84 bits per heavy atom. The Balaban J connectivity index is 1.96. The van der Waals surface area contributed by atoms with Gasteiger partial charge in [0.2, 0.25) is 5.78 Å². The van der Waals surface area contributed by atoms with E-state index < -0.39 is 0 Å². The molecule has 0 aliphatic carbocycles. The maximum absolute atomic E-state index is 12.2. The van der Waals surface area contributed by atoms with Gasteiger partial charge in [0.15, 0.2) is 0 Å². The average molecular weight is 253 g/mol. The lowest BCUT2D eigenvalue weighted by atomic mass is 10.1. The van der Waals surface area contributed by atoms with Crippen LogP contribution >= 0.6 is 0 Å². The van der Waals surface area contributed by atoms with Gasteiger partial charge in [-0.15, -0.1) is 0 Å². The van der Waals surface area contributed by atoms with Gasteiger partial charge in [0.25, 0.3) is 5.89 Å². The number of rotatable bonds is 3. The summed E-state index contributed by atoms with van der Waals surface area (Å²) in [5, 5.41) is 0. The van der Waals surface area contributed by atoms with E-state index in [9.17, 15) is 4.79 Å². The number of fused-ring (bicyclic) bond motifs is 1. The van der Waals surface area contributed by atoms with Crippen LogP contribution in [-0.4, -0.2) is 17.4 Å². The highest BCUT2D eigenvalue weighted by molar-refractivity contribution is 6.06. The minimum atomic E-state index is -0.257. The van der Waals surface area contributed by atoms with Crippen molar-refractivity contribution >= 4 is 11.9 Å². The summed E-state index contributed by atoms with van der Waals surface area (Å²) in [7, 11) is 0. The number of hydrogen-bond donors (Lipinski definition) is 0. The van der Waals surface area contributed by atoms with Crippen molar-refractivity contribution in [1.82, 2.24) is 4.98 Å². The average Bonchev–Trinajstić information content (AvgIpc) is 2.90. The fraction of sp³-hybridized carbons (Fsp3) is 0.0667. The fourth-order valence-corrected chi connectivity index (χ4v) is 1.81. The molecule has 94 valence electrons. The first-order chi connectivity index (χ1) is 9.28. The summed E-state index contributed by atoms with van der Waals surface area (Å²) in [6.45, 7) is 4.05. The van der Waals surface area contributed by atoms with Gasteiger partial charge in [-0.3, -0.25) is 4.79 Å². The Morgan fingerprint density at radius 1 is 1.32 bits per heavy atom. The van der Waals surface area contributed by atoms with Gasteiger partial charge in [0.1, 0.15) is 12.3 Å². The summed E-state index contributed by atoms with van der Waals surface area (Å²) in [6, 6.07) is 8.87. The second-order valence-electron chi connectivity index (χ2n) is 4.10. The van der Waals surface area contributed by atoms with Crippen molar-refractivity contribution in [1.29, 1.82) is 0 Å². The Kier molecular flexibility index (Phi) is 2.76. The zero-order chi connectivity index (χ0) is 13.2. The summed E-state index contributed by atoms with van der Waals surface area (Å²) in [5.74, 6) is 0.0646. The minimum Gasteiger partial charge on any atom is -0.459 e. The number of oxazole rings is 1. The molecule has 2 heterocycles. The summed E-state index contributed by atoms with van der Waals surface area (Å²) >= 11 is 0. The summed E-state index contributed by atoms with van der Waals surface area (Å²) in [4.78, 5) is 16.3. The van der Waals surface area contributed by atoms with E-state index in [-0.39, 0.29) is 17.6 Å². The Hall–Kier alpha value is -2.62. The monoisotopic (exact) mass is 253 g/mol. The maximum Gasteiger partial charge on any atom is 0.313 e. The van der Waals surface area contributed by atoms with Crippen molar-refractivity contribution in [2.24, 2.45) is 0 Å². The summed E-state index contributed by atoms with van der Waals surface area (Å²) in [6.07, 6.45) is 3.49. The number of ketones is 1. The van der Waals surface area contributed by atoms with Gasteiger partial charge in [-0.2, -0.15) is 0 Å². The van der Waals surface area contributed by atoms with Crippen LogP contribution in [0.15, 0.2) is 53.0 Å². The van der Waals surface area contributed by atoms with Crippen molar-refractivity contribution in [2.45, 2.75) is 0 Å². The van der Waals surface area contributed by atoms with Crippen LogP contribution < -0.4 is 4.74 Å². The molecule has 1 aliphatic heterocycles. The van der Waals surface area contributed by atoms with Crippen LogP contribution in [0.1, 0.15) is 21.9 Å². The van der Waals surface area contributed by atoms with Crippen molar-refractivity contribution in [2.75, 3.05) is 6.61 Å². The number of hydrogen-bond acceptors (Lipinski definition) is 4. The largest absolute Gasteiger partial charge is 0.459 e. The predicted molar refractivity (Wildman–Crippen MR) is 70.0 cm³/mol. The quantitative estimate of drug-likeness (QED) is 0.789. The highest BCUT2D eigenvalue weighted by Gasteiger charge is 2.22. The Bertz CT molecular complexity index is 668. The Morgan fingerprint density at radius 2 is 2.11 bits per heavy atom. The first-order valence-corrected chi connectivity index (χ1v) is 5.84. The van der Waals surface area contributed by atoms with E-state index in [1.165, 1.54) is 0 Å². The topological polar surface area (TPSA) is 52.3 Å². The third-order valence-corrected chi connectivity index (χ3v) is 2.80. The molecule has 1 aromatic carbocycles. The highest BCUT2D eigenvalue weighted by Crippen LogP contribution is 2.28. The third kappa shape index (κ3) is 2.08. The van der Waals surface area contributed by atoms with Gasteiger partial charge >= 0.3 is 5.95 Å². The van der Waals surface area contributed by atoms with Crippen LogP contribution in [-0.2, 0) is 0 Å². The van der Waals surface area contributed by atoms with Crippen LogP contribution in [0.2, 0.25) is 0 Å². The fourth-order valence-electron chi connectivity index (χ4n) is 1.81. The number of nitrogens with zero attached hydrogens (tertiary/aromatic N) is 1. The first-order valence-electron chi connectivity index (χ1n) is 5.84. The molecular weight excluding hydrogens is 242 g/mol. The molecule has 0 fully saturated rings. The summed E-state index contributed by atoms with van der Waals surface area (Å²) < 4.78 is 10.7. The minimum absolute atomic E-state index is 0.0396. The maximum atomic E-state index is 12.2. The van der Waals surface area contributed by atoms with Gasteiger partial charge in [-0.25, -0.2) is 4.98 Å². The lowest BCUT2D eigenvalue weighted by molar-refractivity contribution is 0.0995. The van der Waals surface area contributed by atoms with Gasteiger partial charge in [-0.1, -0.05) is 43.0 Å². The third-order valence-electron chi connectivity index (χ3n) is 2.80. The van der Waals surface area contributed by atoms with E-state index in [2.05, 4.69) is 11.6 Å². The van der Waals surface area contributed by atoms with Crippen LogP contribution in [0.3, 0.4) is 0 Å². The number of aromatic nitrogens is 1. The molecule has 0 saturated heterocycles. The molecule has 4 nitrogen and oxygen atoms in total. The lowest BCUT2D eigenvalue weighted by Crippen LogP contribution is -2.04. The molecule has 0 spiro atoms. The molecule has 19 heavy (non-hydrogen) atoms. The Labute approximate surface area is 110 Å². The normalized spacial score (nSPS) is 13.2. The lowest BCUT2D eigenvalue weighted by Gasteiger charge is -2.08. The standard InChI is InChI=1S/C15H11NO3/c1-2-10-8-12-15(18-9-10)19-14(16-12)13(17)11-6-4-3-5-7-11/h2-8H,1,9H2. The van der Waals surface area contributed by atoms with Crippen molar-refractivity contribution in [3.63, 3.8) is 0 Å². The molecule has 0 bridgehead atoms. The SMILES string of the molecule is C=CC1=Cc2nc(C(=O)c3ccccc3)oc2OC1. The van der Waals surface area contributed by atoms with Gasteiger partial charge in [0, 0.05) is 5.56 Å². The smallest absolute Gasteiger partial charge is 0.313 e. The molecule has 0 saturated carbocycles. The van der Waals surface area contributed by atoms with Crippen molar-refractivity contribution < 1.29 is 13.9 Å². The molecule has 1 aromatic heterocycles. The van der Waals surface area contributed by atoms with E-state index >= 15 is 0 Å². The van der Waals surface area contributed by atoms with Crippen LogP contribution in [0.25, 0.3) is 6.08 Å². The molecule has 4 heteroatoms. The van der Waals surface area contributed by atoms with Gasteiger partial charge in [-0.05, 0) is 11.6 Å². The number of benzene rings is 1. The second-order valence-corrected chi connectivity index (χ2v) is 4.10. The predicted octanol–water partition coefficient (Wildman–Crippen LogP) is 2.87. The van der Waals surface area contributed by atoms with E-state index in [0.29, 0.717) is 17.9 Å². The van der Waals surface area contributed by atoms with Gasteiger partial charge in [0.05, 0.1) is 0 Å². The van der Waals surface area contributed by atoms with Gasteiger partial charge < -0.3 is 9.15 Å². The zero-order valence-corrected chi connectivity index (χ0v) is 10.1. The number of carbonyl (C=O) groups is 1. The van der Waals surface area contributed by atoms with Crippen LogP contribution in [0.5, 0.6) is 5.95 Å². The van der Waals surface area contributed by atoms with Crippen molar-refractivity contribution in [3.05, 3.63) is 65.7 Å². The molecule has 1 aliphatic rings. The molecule has 0 unspecified atom stereocenters. The number of carbonyl (C=O) groups excluding carboxylic acids is 1. The van der Waals surface area contributed by atoms with E-state index in [1.54, 1.807) is 36.4 Å².